The van der Waals surface area contributed by atoms with Gasteiger partial charge in [-0.15, -0.1) is 11.3 Å². The van der Waals surface area contributed by atoms with E-state index >= 15 is 0 Å². The summed E-state index contributed by atoms with van der Waals surface area (Å²) < 4.78 is 0. The lowest BCUT2D eigenvalue weighted by molar-refractivity contribution is -0.120. The first-order valence-corrected chi connectivity index (χ1v) is 10.4. The fraction of sp³-hybridized carbons (Fsp3) is 0.476. The summed E-state index contributed by atoms with van der Waals surface area (Å²) in [4.78, 5) is 30.1. The number of thiazole rings is 1. The van der Waals surface area contributed by atoms with Crippen molar-refractivity contribution in [2.45, 2.75) is 58.9 Å². The number of aryl methyl sites for hydroxylation is 2. The summed E-state index contributed by atoms with van der Waals surface area (Å²) in [7, 11) is 0. The topological polar surface area (TPSA) is 71.1 Å². The first-order valence-electron chi connectivity index (χ1n) is 9.56. The number of nitrogens with one attached hydrogen (secondary N) is 2. The van der Waals surface area contributed by atoms with E-state index in [1.54, 1.807) is 11.3 Å². The summed E-state index contributed by atoms with van der Waals surface area (Å²) in [6.07, 6.45) is 4.62. The normalized spacial score (nSPS) is 17.1. The van der Waals surface area contributed by atoms with Crippen LogP contribution in [0.3, 0.4) is 0 Å². The molecule has 0 spiro atoms. The number of fused-ring (bicyclic) bond motifs is 1. The van der Waals surface area contributed by atoms with Gasteiger partial charge in [0.25, 0.3) is 0 Å². The molecule has 2 aromatic rings. The number of amides is 2. The van der Waals surface area contributed by atoms with Crippen molar-refractivity contribution < 1.29 is 9.59 Å². The van der Waals surface area contributed by atoms with E-state index in [2.05, 4.69) is 22.5 Å². The van der Waals surface area contributed by atoms with Crippen LogP contribution in [0.2, 0.25) is 0 Å². The predicted molar refractivity (Wildman–Crippen MR) is 109 cm³/mol. The minimum atomic E-state index is -0.345. The Kier molecular flexibility index (Phi) is 6.26. The molecule has 27 heavy (non-hydrogen) atoms. The van der Waals surface area contributed by atoms with Crippen molar-refractivity contribution in [2.75, 3.05) is 5.32 Å². The van der Waals surface area contributed by atoms with E-state index in [1.807, 2.05) is 31.2 Å². The Bertz CT molecular complexity index is 813. The van der Waals surface area contributed by atoms with Gasteiger partial charge in [0, 0.05) is 11.8 Å². The zero-order valence-electron chi connectivity index (χ0n) is 16.2. The summed E-state index contributed by atoms with van der Waals surface area (Å²) in [5, 5.41) is 6.49. The Morgan fingerprint density at radius 2 is 2.04 bits per heavy atom. The molecule has 6 heteroatoms. The lowest BCUT2D eigenvalue weighted by Crippen LogP contribution is -2.29. The predicted octanol–water partition coefficient (Wildman–Crippen LogP) is 4.17. The van der Waals surface area contributed by atoms with Crippen molar-refractivity contribution in [3.63, 3.8) is 0 Å². The van der Waals surface area contributed by atoms with E-state index in [4.69, 9.17) is 0 Å². The standard InChI is InChI=1S/C21H27N3O2S/c1-4-15-7-10-17-19(11-15)27-21(23-17)24-20(26)12-18(22-14(3)25)16-8-5-13(2)6-9-16/h5-6,8-9,15,18H,4,7,10-12H2,1-3H3,(H,22,25)(H,23,24,26). The van der Waals surface area contributed by atoms with Crippen LogP contribution in [0.4, 0.5) is 5.13 Å². The molecule has 0 saturated heterocycles. The molecule has 1 heterocycles. The number of anilines is 1. The van der Waals surface area contributed by atoms with Gasteiger partial charge in [-0.2, -0.15) is 0 Å². The molecule has 0 aliphatic heterocycles. The highest BCUT2D eigenvalue weighted by Crippen LogP contribution is 2.33. The first kappa shape index (κ1) is 19.5. The first-order chi connectivity index (χ1) is 12.9. The summed E-state index contributed by atoms with van der Waals surface area (Å²) in [5.41, 5.74) is 3.20. The van der Waals surface area contributed by atoms with E-state index in [1.165, 1.54) is 24.6 Å². The molecule has 3 rings (SSSR count). The van der Waals surface area contributed by atoms with Crippen molar-refractivity contribution in [1.29, 1.82) is 0 Å². The number of carbonyl (C=O) groups excluding carboxylic acids is 2. The van der Waals surface area contributed by atoms with Gasteiger partial charge in [-0.05, 0) is 37.7 Å². The number of nitrogens with zero attached hydrogens (tertiary/aromatic N) is 1. The van der Waals surface area contributed by atoms with Crippen LogP contribution in [0.25, 0.3) is 0 Å². The SMILES string of the molecule is CCC1CCc2nc(NC(=O)CC(NC(C)=O)c3ccc(C)cc3)sc2C1. The fourth-order valence-corrected chi connectivity index (χ4v) is 4.64. The zero-order chi connectivity index (χ0) is 19.4. The molecule has 0 radical (unpaired) electrons. The third kappa shape index (κ3) is 5.16. The van der Waals surface area contributed by atoms with Gasteiger partial charge in [0.15, 0.2) is 5.13 Å². The average Bonchev–Trinajstić information content (AvgIpc) is 3.02. The molecule has 1 aliphatic carbocycles. The largest absolute Gasteiger partial charge is 0.349 e. The molecule has 2 unspecified atom stereocenters. The highest BCUT2D eigenvalue weighted by Gasteiger charge is 2.23. The highest BCUT2D eigenvalue weighted by molar-refractivity contribution is 7.15. The van der Waals surface area contributed by atoms with E-state index in [0.717, 1.165) is 35.6 Å². The second-order valence-electron chi connectivity index (χ2n) is 7.32. The van der Waals surface area contributed by atoms with Crippen LogP contribution >= 0.6 is 11.3 Å². The monoisotopic (exact) mass is 385 g/mol. The minimum absolute atomic E-state index is 0.132. The third-order valence-corrected chi connectivity index (χ3v) is 6.15. The molecular weight excluding hydrogens is 358 g/mol. The molecule has 0 bridgehead atoms. The average molecular weight is 386 g/mol. The van der Waals surface area contributed by atoms with Crippen molar-refractivity contribution in [2.24, 2.45) is 5.92 Å². The summed E-state index contributed by atoms with van der Waals surface area (Å²) in [6.45, 7) is 5.71. The van der Waals surface area contributed by atoms with Crippen molar-refractivity contribution >= 4 is 28.3 Å². The Labute approximate surface area is 164 Å². The van der Waals surface area contributed by atoms with Gasteiger partial charge in [-0.1, -0.05) is 43.2 Å². The molecule has 1 aliphatic rings. The van der Waals surface area contributed by atoms with Crippen LogP contribution < -0.4 is 10.6 Å². The smallest absolute Gasteiger partial charge is 0.228 e. The third-order valence-electron chi connectivity index (χ3n) is 5.11. The van der Waals surface area contributed by atoms with Gasteiger partial charge < -0.3 is 10.6 Å². The molecule has 0 saturated carbocycles. The molecule has 2 atom stereocenters. The van der Waals surface area contributed by atoms with E-state index in [9.17, 15) is 9.59 Å². The summed E-state index contributed by atoms with van der Waals surface area (Å²) >= 11 is 1.59. The van der Waals surface area contributed by atoms with E-state index in [-0.39, 0.29) is 24.3 Å². The molecule has 1 aromatic carbocycles. The Morgan fingerprint density at radius 1 is 1.30 bits per heavy atom. The molecule has 0 fully saturated rings. The Hall–Kier alpha value is -2.21. The van der Waals surface area contributed by atoms with Crippen LogP contribution in [0.5, 0.6) is 0 Å². The maximum absolute atomic E-state index is 12.6. The van der Waals surface area contributed by atoms with E-state index < -0.39 is 0 Å². The lowest BCUT2D eigenvalue weighted by atomic mass is 9.89. The summed E-state index contributed by atoms with van der Waals surface area (Å²) in [5.74, 6) is 0.448. The van der Waals surface area contributed by atoms with Gasteiger partial charge >= 0.3 is 0 Å². The van der Waals surface area contributed by atoms with Gasteiger partial charge in [-0.3, -0.25) is 9.59 Å². The van der Waals surface area contributed by atoms with Gasteiger partial charge in [-0.25, -0.2) is 4.98 Å². The van der Waals surface area contributed by atoms with E-state index in [0.29, 0.717) is 5.13 Å². The number of carbonyl (C=O) groups is 2. The number of aromatic nitrogens is 1. The zero-order valence-corrected chi connectivity index (χ0v) is 17.0. The molecular formula is C21H27N3O2S. The molecule has 144 valence electrons. The number of benzene rings is 1. The van der Waals surface area contributed by atoms with Crippen molar-refractivity contribution in [1.82, 2.24) is 10.3 Å². The van der Waals surface area contributed by atoms with Crippen LogP contribution in [-0.4, -0.2) is 16.8 Å². The second-order valence-corrected chi connectivity index (χ2v) is 8.41. The molecule has 5 nitrogen and oxygen atoms in total. The van der Waals surface area contributed by atoms with Gasteiger partial charge in [0.2, 0.25) is 11.8 Å². The number of hydrogen-bond donors (Lipinski definition) is 2. The van der Waals surface area contributed by atoms with Gasteiger partial charge in [0.05, 0.1) is 18.2 Å². The lowest BCUT2D eigenvalue weighted by Gasteiger charge is -2.18. The summed E-state index contributed by atoms with van der Waals surface area (Å²) in [6, 6.07) is 7.54. The van der Waals surface area contributed by atoms with Crippen molar-refractivity contribution in [3.8, 4) is 0 Å². The number of rotatable bonds is 6. The second kappa shape index (κ2) is 8.65. The molecule has 2 N–H and O–H groups in total. The van der Waals surface area contributed by atoms with Gasteiger partial charge in [0.1, 0.15) is 0 Å². The maximum atomic E-state index is 12.6. The quantitative estimate of drug-likeness (QED) is 0.784. The molecule has 1 aromatic heterocycles. The number of hydrogen-bond acceptors (Lipinski definition) is 4. The van der Waals surface area contributed by atoms with Crippen molar-refractivity contribution in [3.05, 3.63) is 46.0 Å². The fourth-order valence-electron chi connectivity index (χ4n) is 3.50. The van der Waals surface area contributed by atoms with Crippen LogP contribution in [0.15, 0.2) is 24.3 Å². The van der Waals surface area contributed by atoms with Crippen LogP contribution in [-0.2, 0) is 22.4 Å². The highest BCUT2D eigenvalue weighted by atomic mass is 32.1. The maximum Gasteiger partial charge on any atom is 0.228 e. The van der Waals surface area contributed by atoms with Crippen LogP contribution in [0, 0.1) is 12.8 Å². The molecule has 2 amide bonds. The minimum Gasteiger partial charge on any atom is -0.349 e. The van der Waals surface area contributed by atoms with Crippen LogP contribution in [0.1, 0.15) is 60.8 Å². The Morgan fingerprint density at radius 3 is 2.70 bits per heavy atom. The Balaban J connectivity index is 1.67.